The summed E-state index contributed by atoms with van der Waals surface area (Å²) >= 11 is 5.42. The van der Waals surface area contributed by atoms with E-state index in [2.05, 4.69) is 62.9 Å². The third-order valence-electron chi connectivity index (χ3n) is 3.52. The van der Waals surface area contributed by atoms with E-state index in [9.17, 15) is 0 Å². The molecule has 0 saturated carbocycles. The zero-order valence-electron chi connectivity index (χ0n) is 11.4. The molecule has 1 N–H and O–H groups in total. The van der Waals surface area contributed by atoms with Crippen molar-refractivity contribution >= 4 is 37.4 Å². The number of nitrogens with one attached hydrogen (secondary N) is 1. The summed E-state index contributed by atoms with van der Waals surface area (Å²) in [6.45, 7) is 2.97. The minimum atomic E-state index is 0.142. The van der Waals surface area contributed by atoms with Gasteiger partial charge in [-0.05, 0) is 52.3 Å². The standard InChI is InChI=1S/C15H16BrN3S/c1-3-19-15(12(16)8-18-19)14(17-2)11-9-20-13-7-5-4-6-10(11)13/h4-9,14,17H,3H2,1-2H3. The molecule has 0 spiro atoms. The number of halogens is 1. The Morgan fingerprint density at radius 1 is 1.40 bits per heavy atom. The minimum Gasteiger partial charge on any atom is -0.308 e. The summed E-state index contributed by atoms with van der Waals surface area (Å²) in [7, 11) is 2.00. The van der Waals surface area contributed by atoms with E-state index in [0.29, 0.717) is 0 Å². The van der Waals surface area contributed by atoms with Crippen LogP contribution in [0.25, 0.3) is 10.1 Å². The Morgan fingerprint density at radius 3 is 2.95 bits per heavy atom. The molecule has 1 atom stereocenters. The SMILES string of the molecule is CCn1ncc(Br)c1C(NC)c1csc2ccccc12. The largest absolute Gasteiger partial charge is 0.308 e. The number of thiophene rings is 1. The number of fused-ring (bicyclic) bond motifs is 1. The van der Waals surface area contributed by atoms with Gasteiger partial charge in [0.1, 0.15) is 0 Å². The van der Waals surface area contributed by atoms with Crippen molar-refractivity contribution in [3.63, 3.8) is 0 Å². The highest BCUT2D eigenvalue weighted by Gasteiger charge is 2.22. The Balaban J connectivity index is 2.16. The maximum atomic E-state index is 4.43. The smallest absolute Gasteiger partial charge is 0.0771 e. The van der Waals surface area contributed by atoms with Crippen molar-refractivity contribution in [2.45, 2.75) is 19.5 Å². The molecule has 0 bridgehead atoms. The predicted molar refractivity (Wildman–Crippen MR) is 88.3 cm³/mol. The quantitative estimate of drug-likeness (QED) is 0.765. The molecule has 1 aromatic carbocycles. The number of rotatable bonds is 4. The van der Waals surface area contributed by atoms with Gasteiger partial charge in [0.25, 0.3) is 0 Å². The van der Waals surface area contributed by atoms with Gasteiger partial charge >= 0.3 is 0 Å². The Hall–Kier alpha value is -1.17. The predicted octanol–water partition coefficient (Wildman–Crippen LogP) is 4.19. The fraction of sp³-hybridized carbons (Fsp3) is 0.267. The molecule has 0 aliphatic heterocycles. The summed E-state index contributed by atoms with van der Waals surface area (Å²) < 4.78 is 4.41. The lowest BCUT2D eigenvalue weighted by Gasteiger charge is -2.18. The second-order valence-corrected chi connectivity index (χ2v) is 6.37. The minimum absolute atomic E-state index is 0.142. The van der Waals surface area contributed by atoms with Gasteiger partial charge in [-0.15, -0.1) is 11.3 Å². The lowest BCUT2D eigenvalue weighted by Crippen LogP contribution is -2.21. The summed E-state index contributed by atoms with van der Waals surface area (Å²) in [5.41, 5.74) is 2.49. The average Bonchev–Trinajstić information content (AvgIpc) is 3.06. The number of hydrogen-bond acceptors (Lipinski definition) is 3. The molecule has 0 radical (unpaired) electrons. The summed E-state index contributed by atoms with van der Waals surface area (Å²) in [4.78, 5) is 0. The van der Waals surface area contributed by atoms with E-state index in [1.54, 1.807) is 11.3 Å². The van der Waals surface area contributed by atoms with Gasteiger partial charge in [-0.3, -0.25) is 4.68 Å². The fourth-order valence-corrected chi connectivity index (χ4v) is 4.08. The molecule has 5 heteroatoms. The van der Waals surface area contributed by atoms with Crippen LogP contribution in [-0.4, -0.2) is 16.8 Å². The third-order valence-corrected chi connectivity index (χ3v) is 5.11. The van der Waals surface area contributed by atoms with E-state index in [1.807, 2.05) is 17.9 Å². The van der Waals surface area contributed by atoms with E-state index in [4.69, 9.17) is 0 Å². The molecule has 2 heterocycles. The number of aryl methyl sites for hydroxylation is 1. The van der Waals surface area contributed by atoms with Crippen LogP contribution in [0.5, 0.6) is 0 Å². The van der Waals surface area contributed by atoms with Gasteiger partial charge in [0.15, 0.2) is 0 Å². The monoisotopic (exact) mass is 349 g/mol. The van der Waals surface area contributed by atoms with Gasteiger partial charge in [-0.25, -0.2) is 0 Å². The molecular weight excluding hydrogens is 334 g/mol. The zero-order chi connectivity index (χ0) is 14.1. The maximum Gasteiger partial charge on any atom is 0.0771 e. The maximum absolute atomic E-state index is 4.43. The van der Waals surface area contributed by atoms with E-state index >= 15 is 0 Å². The Kier molecular flexibility index (Phi) is 3.92. The van der Waals surface area contributed by atoms with Gasteiger partial charge in [-0.1, -0.05) is 18.2 Å². The van der Waals surface area contributed by atoms with Crippen LogP contribution in [0.1, 0.15) is 24.2 Å². The zero-order valence-corrected chi connectivity index (χ0v) is 13.8. The number of hydrogen-bond donors (Lipinski definition) is 1. The summed E-state index contributed by atoms with van der Waals surface area (Å²) in [5.74, 6) is 0. The second kappa shape index (κ2) is 5.68. The molecule has 0 aliphatic carbocycles. The molecule has 2 aromatic heterocycles. The van der Waals surface area contributed by atoms with Crippen molar-refractivity contribution in [1.82, 2.24) is 15.1 Å². The molecular formula is C15H16BrN3S. The molecule has 3 aromatic rings. The highest BCUT2D eigenvalue weighted by Crippen LogP contribution is 2.35. The average molecular weight is 350 g/mol. The Labute approximate surface area is 130 Å². The van der Waals surface area contributed by atoms with Crippen molar-refractivity contribution < 1.29 is 0 Å². The van der Waals surface area contributed by atoms with Crippen LogP contribution in [0.4, 0.5) is 0 Å². The molecule has 20 heavy (non-hydrogen) atoms. The normalized spacial score (nSPS) is 12.9. The van der Waals surface area contributed by atoms with Gasteiger partial charge in [0.05, 0.1) is 22.4 Å². The second-order valence-electron chi connectivity index (χ2n) is 4.60. The van der Waals surface area contributed by atoms with E-state index in [1.165, 1.54) is 21.3 Å². The summed E-state index contributed by atoms with van der Waals surface area (Å²) in [5, 5.41) is 11.4. The fourth-order valence-electron chi connectivity index (χ4n) is 2.57. The first kappa shape index (κ1) is 13.8. The molecule has 0 amide bonds. The van der Waals surface area contributed by atoms with Crippen LogP contribution < -0.4 is 5.32 Å². The molecule has 1 unspecified atom stereocenters. The van der Waals surface area contributed by atoms with Gasteiger partial charge in [-0.2, -0.15) is 5.10 Å². The van der Waals surface area contributed by atoms with Crippen LogP contribution in [-0.2, 0) is 6.54 Å². The summed E-state index contributed by atoms with van der Waals surface area (Å²) in [6.07, 6.45) is 1.87. The van der Waals surface area contributed by atoms with Crippen LogP contribution >= 0.6 is 27.3 Å². The topological polar surface area (TPSA) is 29.9 Å². The third kappa shape index (κ3) is 2.20. The number of benzene rings is 1. The van der Waals surface area contributed by atoms with Gasteiger partial charge in [0.2, 0.25) is 0 Å². The molecule has 104 valence electrons. The van der Waals surface area contributed by atoms with E-state index in [-0.39, 0.29) is 6.04 Å². The van der Waals surface area contributed by atoms with Crippen LogP contribution in [0, 0.1) is 0 Å². The molecule has 3 nitrogen and oxygen atoms in total. The van der Waals surface area contributed by atoms with Crippen LogP contribution in [0.15, 0.2) is 40.3 Å². The number of nitrogens with zero attached hydrogens (tertiary/aromatic N) is 2. The molecule has 3 rings (SSSR count). The molecule has 0 aliphatic rings. The van der Waals surface area contributed by atoms with E-state index < -0.39 is 0 Å². The lowest BCUT2D eigenvalue weighted by molar-refractivity contribution is 0.564. The first-order valence-electron chi connectivity index (χ1n) is 6.60. The van der Waals surface area contributed by atoms with Gasteiger partial charge in [0, 0.05) is 11.2 Å². The van der Waals surface area contributed by atoms with Crippen molar-refractivity contribution in [2.24, 2.45) is 0 Å². The van der Waals surface area contributed by atoms with Crippen LogP contribution in [0.3, 0.4) is 0 Å². The summed E-state index contributed by atoms with van der Waals surface area (Å²) in [6, 6.07) is 8.68. The number of aromatic nitrogens is 2. The Morgan fingerprint density at radius 2 is 2.20 bits per heavy atom. The van der Waals surface area contributed by atoms with Gasteiger partial charge < -0.3 is 5.32 Å². The van der Waals surface area contributed by atoms with Crippen molar-refractivity contribution in [3.8, 4) is 0 Å². The van der Waals surface area contributed by atoms with Crippen LogP contribution in [0.2, 0.25) is 0 Å². The highest BCUT2D eigenvalue weighted by atomic mass is 79.9. The van der Waals surface area contributed by atoms with Crippen molar-refractivity contribution in [2.75, 3.05) is 7.05 Å². The first-order chi connectivity index (χ1) is 9.76. The molecule has 0 fully saturated rings. The van der Waals surface area contributed by atoms with Crippen molar-refractivity contribution in [1.29, 1.82) is 0 Å². The Bertz CT molecular complexity index is 732. The lowest BCUT2D eigenvalue weighted by atomic mass is 10.0. The first-order valence-corrected chi connectivity index (χ1v) is 8.28. The molecule has 0 saturated heterocycles. The highest BCUT2D eigenvalue weighted by molar-refractivity contribution is 9.10. The van der Waals surface area contributed by atoms with Crippen molar-refractivity contribution in [3.05, 3.63) is 51.6 Å². The van der Waals surface area contributed by atoms with E-state index in [0.717, 1.165) is 11.0 Å².